The van der Waals surface area contributed by atoms with E-state index in [4.69, 9.17) is 4.74 Å². The molecule has 0 spiro atoms. The van der Waals surface area contributed by atoms with Gasteiger partial charge in [-0.3, -0.25) is 4.98 Å². The Morgan fingerprint density at radius 1 is 1.33 bits per heavy atom. The van der Waals surface area contributed by atoms with E-state index in [-0.39, 0.29) is 0 Å². The molecule has 1 heterocycles. The molecule has 0 aliphatic heterocycles. The summed E-state index contributed by atoms with van der Waals surface area (Å²) in [4.78, 5) is 4.27. The largest absolute Gasteiger partial charge is 0.385 e. The predicted octanol–water partition coefficient (Wildman–Crippen LogP) is 3.16. The predicted molar refractivity (Wildman–Crippen MR) is 71.4 cm³/mol. The Labute approximate surface area is 109 Å². The van der Waals surface area contributed by atoms with Gasteiger partial charge in [0, 0.05) is 24.1 Å². The van der Waals surface area contributed by atoms with E-state index in [1.165, 1.54) is 6.42 Å². The van der Waals surface area contributed by atoms with Gasteiger partial charge >= 0.3 is 0 Å². The topological polar surface area (TPSA) is 42.4 Å². The zero-order valence-electron chi connectivity index (χ0n) is 11.4. The number of aliphatic hydroxyl groups is 1. The monoisotopic (exact) mass is 249 g/mol. The van der Waals surface area contributed by atoms with E-state index >= 15 is 0 Å². The molecule has 18 heavy (non-hydrogen) atoms. The standard InChI is InChI=1S/C15H23NO2/c1-3-18-15(9-5-4-6-10-15)14(17)13-8-7-12(2)16-11-13/h7-8,11,14,17H,3-6,9-10H2,1-2H3. The van der Waals surface area contributed by atoms with E-state index < -0.39 is 11.7 Å². The first kappa shape index (κ1) is 13.5. The van der Waals surface area contributed by atoms with Crippen molar-refractivity contribution in [3.05, 3.63) is 29.6 Å². The van der Waals surface area contributed by atoms with Crippen LogP contribution in [0.4, 0.5) is 0 Å². The number of ether oxygens (including phenoxy) is 1. The maximum absolute atomic E-state index is 10.7. The van der Waals surface area contributed by atoms with Crippen molar-refractivity contribution >= 4 is 0 Å². The Bertz CT molecular complexity index is 363. The number of aromatic nitrogens is 1. The Hall–Kier alpha value is -0.930. The number of nitrogens with zero attached hydrogens (tertiary/aromatic N) is 1. The Morgan fingerprint density at radius 2 is 2.06 bits per heavy atom. The summed E-state index contributed by atoms with van der Waals surface area (Å²) in [6, 6.07) is 3.91. The zero-order chi connectivity index (χ0) is 13.0. The summed E-state index contributed by atoms with van der Waals surface area (Å²) in [5.41, 5.74) is 1.44. The molecular weight excluding hydrogens is 226 g/mol. The Kier molecular flexibility index (Phi) is 4.36. The first-order valence-corrected chi connectivity index (χ1v) is 6.92. The van der Waals surface area contributed by atoms with Crippen molar-refractivity contribution < 1.29 is 9.84 Å². The van der Waals surface area contributed by atoms with Gasteiger partial charge in [0.2, 0.25) is 0 Å². The minimum atomic E-state index is -0.564. The fraction of sp³-hybridized carbons (Fsp3) is 0.667. The second-order valence-corrected chi connectivity index (χ2v) is 5.19. The van der Waals surface area contributed by atoms with Gasteiger partial charge in [-0.05, 0) is 32.8 Å². The van der Waals surface area contributed by atoms with Gasteiger partial charge in [-0.1, -0.05) is 25.3 Å². The third-order valence-corrected chi connectivity index (χ3v) is 3.88. The van der Waals surface area contributed by atoms with Gasteiger partial charge in [0.1, 0.15) is 6.10 Å². The SMILES string of the molecule is CCOC1(C(O)c2ccc(C)nc2)CCCCC1. The van der Waals surface area contributed by atoms with Crippen molar-refractivity contribution in [1.82, 2.24) is 4.98 Å². The average molecular weight is 249 g/mol. The van der Waals surface area contributed by atoms with Crippen LogP contribution in [0.5, 0.6) is 0 Å². The van der Waals surface area contributed by atoms with Crippen LogP contribution in [-0.4, -0.2) is 22.3 Å². The highest BCUT2D eigenvalue weighted by molar-refractivity contribution is 5.19. The van der Waals surface area contributed by atoms with E-state index in [9.17, 15) is 5.11 Å². The summed E-state index contributed by atoms with van der Waals surface area (Å²) in [7, 11) is 0. The average Bonchev–Trinajstić information content (AvgIpc) is 2.40. The van der Waals surface area contributed by atoms with Gasteiger partial charge in [-0.25, -0.2) is 0 Å². The third kappa shape index (κ3) is 2.73. The number of pyridine rings is 1. The number of aryl methyl sites for hydroxylation is 1. The third-order valence-electron chi connectivity index (χ3n) is 3.88. The minimum Gasteiger partial charge on any atom is -0.385 e. The number of aliphatic hydroxyl groups excluding tert-OH is 1. The summed E-state index contributed by atoms with van der Waals surface area (Å²) < 4.78 is 5.94. The van der Waals surface area contributed by atoms with Gasteiger partial charge < -0.3 is 9.84 Å². The Morgan fingerprint density at radius 3 is 2.61 bits per heavy atom. The first-order valence-electron chi connectivity index (χ1n) is 6.92. The summed E-state index contributed by atoms with van der Waals surface area (Å²) in [6.07, 6.45) is 6.60. The van der Waals surface area contributed by atoms with Crippen LogP contribution in [0.1, 0.15) is 56.4 Å². The summed E-state index contributed by atoms with van der Waals surface area (Å²) >= 11 is 0. The highest BCUT2D eigenvalue weighted by Crippen LogP contribution is 2.41. The van der Waals surface area contributed by atoms with Crippen LogP contribution in [0, 0.1) is 6.92 Å². The summed E-state index contributed by atoms with van der Waals surface area (Å²) in [5, 5.41) is 10.7. The van der Waals surface area contributed by atoms with E-state index in [2.05, 4.69) is 4.98 Å². The molecule has 1 N–H and O–H groups in total. The molecule has 1 aliphatic rings. The lowest BCUT2D eigenvalue weighted by atomic mass is 9.78. The molecule has 1 fully saturated rings. The fourth-order valence-electron chi connectivity index (χ4n) is 2.88. The fourth-order valence-corrected chi connectivity index (χ4v) is 2.88. The number of hydrogen-bond acceptors (Lipinski definition) is 3. The minimum absolute atomic E-state index is 0.399. The van der Waals surface area contributed by atoms with Crippen molar-refractivity contribution in [2.24, 2.45) is 0 Å². The molecule has 3 heteroatoms. The van der Waals surface area contributed by atoms with E-state index in [0.29, 0.717) is 6.61 Å². The van der Waals surface area contributed by atoms with Crippen molar-refractivity contribution in [2.75, 3.05) is 6.61 Å². The lowest BCUT2D eigenvalue weighted by Gasteiger charge is -2.40. The van der Waals surface area contributed by atoms with Crippen LogP contribution >= 0.6 is 0 Å². The lowest BCUT2D eigenvalue weighted by molar-refractivity contribution is -0.141. The highest BCUT2D eigenvalue weighted by atomic mass is 16.5. The van der Waals surface area contributed by atoms with Crippen LogP contribution in [-0.2, 0) is 4.74 Å². The molecule has 3 nitrogen and oxygen atoms in total. The van der Waals surface area contributed by atoms with Crippen LogP contribution in [0.25, 0.3) is 0 Å². The van der Waals surface area contributed by atoms with Gasteiger partial charge in [-0.2, -0.15) is 0 Å². The van der Waals surface area contributed by atoms with Crippen molar-refractivity contribution in [1.29, 1.82) is 0 Å². The molecule has 1 aliphatic carbocycles. The second kappa shape index (κ2) is 5.81. The van der Waals surface area contributed by atoms with E-state index in [1.807, 2.05) is 26.0 Å². The number of hydrogen-bond donors (Lipinski definition) is 1. The quantitative estimate of drug-likeness (QED) is 0.891. The zero-order valence-corrected chi connectivity index (χ0v) is 11.4. The maximum Gasteiger partial charge on any atom is 0.109 e. The van der Waals surface area contributed by atoms with E-state index in [0.717, 1.165) is 36.9 Å². The van der Waals surface area contributed by atoms with Gasteiger partial charge in [0.25, 0.3) is 0 Å². The molecule has 0 radical (unpaired) electrons. The smallest absolute Gasteiger partial charge is 0.109 e. The molecule has 0 saturated heterocycles. The molecule has 2 rings (SSSR count). The van der Waals surface area contributed by atoms with Gasteiger partial charge in [0.05, 0.1) is 5.60 Å². The highest BCUT2D eigenvalue weighted by Gasteiger charge is 2.40. The van der Waals surface area contributed by atoms with Crippen LogP contribution in [0.2, 0.25) is 0 Å². The molecule has 1 saturated carbocycles. The molecule has 100 valence electrons. The second-order valence-electron chi connectivity index (χ2n) is 5.19. The lowest BCUT2D eigenvalue weighted by Crippen LogP contribution is -2.41. The Balaban J connectivity index is 2.21. The summed E-state index contributed by atoms with van der Waals surface area (Å²) in [5.74, 6) is 0. The van der Waals surface area contributed by atoms with Crippen molar-refractivity contribution in [3.63, 3.8) is 0 Å². The van der Waals surface area contributed by atoms with Crippen LogP contribution in [0.3, 0.4) is 0 Å². The molecule has 1 atom stereocenters. The first-order chi connectivity index (χ1) is 8.68. The van der Waals surface area contributed by atoms with Crippen LogP contribution in [0.15, 0.2) is 18.3 Å². The van der Waals surface area contributed by atoms with E-state index in [1.54, 1.807) is 6.20 Å². The van der Waals surface area contributed by atoms with Gasteiger partial charge in [0.15, 0.2) is 0 Å². The molecule has 0 aromatic carbocycles. The van der Waals surface area contributed by atoms with Gasteiger partial charge in [-0.15, -0.1) is 0 Å². The molecule has 1 unspecified atom stereocenters. The van der Waals surface area contributed by atoms with Crippen molar-refractivity contribution in [3.8, 4) is 0 Å². The van der Waals surface area contributed by atoms with Crippen LogP contribution < -0.4 is 0 Å². The molecule has 0 amide bonds. The molecule has 0 bridgehead atoms. The molecular formula is C15H23NO2. The molecule has 1 aromatic heterocycles. The maximum atomic E-state index is 10.7. The van der Waals surface area contributed by atoms with Crippen molar-refractivity contribution in [2.45, 2.75) is 57.7 Å². The summed E-state index contributed by atoms with van der Waals surface area (Å²) in [6.45, 7) is 4.60. The normalized spacial score (nSPS) is 20.6. The number of rotatable bonds is 4. The molecule has 1 aromatic rings.